The number of nitrogens with zero attached hydrogens (tertiary/aromatic N) is 3. The number of rotatable bonds is 6. The minimum absolute atomic E-state index is 0.0645. The molecule has 4 rings (SSSR count). The van der Waals surface area contributed by atoms with Gasteiger partial charge in [0.2, 0.25) is 11.5 Å². The van der Waals surface area contributed by atoms with Gasteiger partial charge in [-0.2, -0.15) is 0 Å². The summed E-state index contributed by atoms with van der Waals surface area (Å²) in [4.78, 5) is 48.8. The third kappa shape index (κ3) is 5.19. The Morgan fingerprint density at radius 3 is 2.67 bits per heavy atom. The molecule has 0 aliphatic carbocycles. The van der Waals surface area contributed by atoms with Gasteiger partial charge in [0.05, 0.1) is 5.92 Å². The molecule has 2 aromatic heterocycles. The van der Waals surface area contributed by atoms with Crippen molar-refractivity contribution >= 4 is 11.8 Å². The van der Waals surface area contributed by atoms with E-state index in [0.29, 0.717) is 32.6 Å². The Bertz CT molecular complexity index is 1180. The molecule has 3 heterocycles. The molecule has 0 spiro atoms. The first-order chi connectivity index (χ1) is 16.1. The minimum atomic E-state index is -0.378. The fourth-order valence-corrected chi connectivity index (χ4v) is 4.38. The molecule has 0 radical (unpaired) electrons. The van der Waals surface area contributed by atoms with E-state index in [4.69, 9.17) is 0 Å². The molecule has 3 aromatic rings. The number of nitrogens with one attached hydrogen (secondary N) is 1. The summed E-state index contributed by atoms with van der Waals surface area (Å²) in [5.74, 6) is -0.574. The number of aromatic nitrogens is 2. The lowest BCUT2D eigenvalue weighted by atomic mass is 9.91. The van der Waals surface area contributed by atoms with Crippen molar-refractivity contribution in [2.75, 3.05) is 26.2 Å². The second-order valence-electron chi connectivity index (χ2n) is 8.31. The van der Waals surface area contributed by atoms with E-state index in [1.807, 2.05) is 54.4 Å². The van der Waals surface area contributed by atoms with Crippen molar-refractivity contribution in [2.24, 2.45) is 5.92 Å². The summed E-state index contributed by atoms with van der Waals surface area (Å²) in [6.07, 6.45) is 4.92. The van der Waals surface area contributed by atoms with Gasteiger partial charge in [0.15, 0.2) is 0 Å². The van der Waals surface area contributed by atoms with Crippen LogP contribution in [0.5, 0.6) is 0 Å². The van der Waals surface area contributed by atoms with Crippen LogP contribution in [0.15, 0.2) is 71.8 Å². The Balaban J connectivity index is 1.64. The highest BCUT2D eigenvalue weighted by Gasteiger charge is 2.33. The molecule has 1 aromatic carbocycles. The molecular weight excluding hydrogens is 416 g/mol. The SMILES string of the molecule is CCCN1CCN(C(=O)c2cccc(=O)[nH]2)CC(Cc2ccccc2-c2cccnc2)C1=O. The largest absolute Gasteiger partial charge is 0.341 e. The van der Waals surface area contributed by atoms with Gasteiger partial charge in [-0.15, -0.1) is 0 Å². The van der Waals surface area contributed by atoms with Crippen molar-refractivity contribution in [1.29, 1.82) is 0 Å². The number of pyridine rings is 2. The Kier molecular flexibility index (Phi) is 6.98. The van der Waals surface area contributed by atoms with Crippen LogP contribution in [-0.4, -0.2) is 57.8 Å². The van der Waals surface area contributed by atoms with Crippen molar-refractivity contribution in [1.82, 2.24) is 19.8 Å². The van der Waals surface area contributed by atoms with Gasteiger partial charge in [-0.25, -0.2) is 0 Å². The third-order valence-corrected chi connectivity index (χ3v) is 5.98. The monoisotopic (exact) mass is 444 g/mol. The maximum atomic E-state index is 13.5. The zero-order valence-electron chi connectivity index (χ0n) is 18.7. The fraction of sp³-hybridized carbons (Fsp3) is 0.308. The highest BCUT2D eigenvalue weighted by molar-refractivity contribution is 5.93. The Hall–Kier alpha value is -3.74. The molecule has 1 fully saturated rings. The first kappa shape index (κ1) is 22.5. The summed E-state index contributed by atoms with van der Waals surface area (Å²) in [7, 11) is 0. The quantitative estimate of drug-likeness (QED) is 0.633. The average molecular weight is 445 g/mol. The lowest BCUT2D eigenvalue weighted by Gasteiger charge is -2.24. The van der Waals surface area contributed by atoms with E-state index in [1.54, 1.807) is 23.2 Å². The summed E-state index contributed by atoms with van der Waals surface area (Å²) in [6, 6.07) is 16.5. The predicted molar refractivity (Wildman–Crippen MR) is 127 cm³/mol. The second kappa shape index (κ2) is 10.3. The van der Waals surface area contributed by atoms with Crippen LogP contribution in [0.25, 0.3) is 11.1 Å². The third-order valence-electron chi connectivity index (χ3n) is 5.98. The van der Waals surface area contributed by atoms with Crippen molar-refractivity contribution in [3.63, 3.8) is 0 Å². The van der Waals surface area contributed by atoms with Crippen LogP contribution < -0.4 is 5.56 Å². The van der Waals surface area contributed by atoms with Crippen LogP contribution in [0.4, 0.5) is 0 Å². The van der Waals surface area contributed by atoms with Gasteiger partial charge in [-0.1, -0.05) is 43.3 Å². The van der Waals surface area contributed by atoms with Gasteiger partial charge in [0, 0.05) is 50.2 Å². The summed E-state index contributed by atoms with van der Waals surface area (Å²) < 4.78 is 0. The maximum absolute atomic E-state index is 13.5. The van der Waals surface area contributed by atoms with E-state index >= 15 is 0 Å². The van der Waals surface area contributed by atoms with Gasteiger partial charge in [0.1, 0.15) is 5.69 Å². The smallest absolute Gasteiger partial charge is 0.270 e. The number of carbonyl (C=O) groups excluding carboxylic acids is 2. The molecule has 1 aliphatic heterocycles. The van der Waals surface area contributed by atoms with Gasteiger partial charge in [-0.3, -0.25) is 19.4 Å². The number of aromatic amines is 1. The number of hydrogen-bond acceptors (Lipinski definition) is 4. The van der Waals surface area contributed by atoms with Crippen LogP contribution in [0.3, 0.4) is 0 Å². The second-order valence-corrected chi connectivity index (χ2v) is 8.31. The van der Waals surface area contributed by atoms with Crippen LogP contribution in [0.2, 0.25) is 0 Å². The molecule has 170 valence electrons. The predicted octanol–water partition coefficient (Wildman–Crippen LogP) is 2.99. The first-order valence-electron chi connectivity index (χ1n) is 11.3. The van der Waals surface area contributed by atoms with Crippen molar-refractivity contribution < 1.29 is 9.59 Å². The number of carbonyl (C=O) groups is 2. The van der Waals surface area contributed by atoms with Crippen molar-refractivity contribution in [2.45, 2.75) is 19.8 Å². The molecule has 0 bridgehead atoms. The molecule has 1 unspecified atom stereocenters. The summed E-state index contributed by atoms with van der Waals surface area (Å²) in [6.45, 7) is 3.92. The molecule has 0 saturated carbocycles. The van der Waals surface area contributed by atoms with Crippen LogP contribution >= 0.6 is 0 Å². The number of H-pyrrole nitrogens is 1. The van der Waals surface area contributed by atoms with E-state index in [-0.39, 0.29) is 29.0 Å². The zero-order valence-corrected chi connectivity index (χ0v) is 18.7. The normalized spacial score (nSPS) is 16.5. The van der Waals surface area contributed by atoms with Gasteiger partial charge in [0.25, 0.3) is 5.91 Å². The maximum Gasteiger partial charge on any atom is 0.270 e. The van der Waals surface area contributed by atoms with Crippen LogP contribution in [-0.2, 0) is 11.2 Å². The lowest BCUT2D eigenvalue weighted by Crippen LogP contribution is -2.38. The van der Waals surface area contributed by atoms with E-state index in [2.05, 4.69) is 9.97 Å². The number of hydrogen-bond donors (Lipinski definition) is 1. The number of benzene rings is 1. The topological polar surface area (TPSA) is 86.4 Å². The standard InChI is InChI=1S/C26H28N4O3/c1-2-13-29-14-15-30(26(33)23-10-5-11-24(31)28-23)18-21(25(29)32)16-19-7-3-4-9-22(19)20-8-6-12-27-17-20/h3-12,17,21H,2,13-16,18H2,1H3,(H,28,31). The Morgan fingerprint density at radius 1 is 1.06 bits per heavy atom. The number of amides is 2. The van der Waals surface area contributed by atoms with Gasteiger partial charge in [-0.05, 0) is 36.1 Å². The molecule has 33 heavy (non-hydrogen) atoms. The van der Waals surface area contributed by atoms with E-state index in [0.717, 1.165) is 23.1 Å². The van der Waals surface area contributed by atoms with Crippen molar-refractivity contribution in [3.8, 4) is 11.1 Å². The minimum Gasteiger partial charge on any atom is -0.341 e. The molecule has 1 saturated heterocycles. The van der Waals surface area contributed by atoms with Crippen LogP contribution in [0, 0.1) is 5.92 Å². The molecule has 7 nitrogen and oxygen atoms in total. The lowest BCUT2D eigenvalue weighted by molar-refractivity contribution is -0.134. The molecule has 1 aliphatic rings. The Morgan fingerprint density at radius 2 is 1.91 bits per heavy atom. The molecule has 1 atom stereocenters. The van der Waals surface area contributed by atoms with Gasteiger partial charge < -0.3 is 14.8 Å². The van der Waals surface area contributed by atoms with Crippen LogP contribution in [0.1, 0.15) is 29.4 Å². The first-order valence-corrected chi connectivity index (χ1v) is 11.3. The molecule has 1 N–H and O–H groups in total. The van der Waals surface area contributed by atoms with Gasteiger partial charge >= 0.3 is 0 Å². The highest BCUT2D eigenvalue weighted by atomic mass is 16.2. The zero-order chi connectivity index (χ0) is 23.2. The van der Waals surface area contributed by atoms with Crippen molar-refractivity contribution in [3.05, 3.63) is 88.6 Å². The molecule has 7 heteroatoms. The van der Waals surface area contributed by atoms with E-state index in [9.17, 15) is 14.4 Å². The fourth-order valence-electron chi connectivity index (χ4n) is 4.38. The molecular formula is C26H28N4O3. The Labute approximate surface area is 193 Å². The highest BCUT2D eigenvalue weighted by Crippen LogP contribution is 2.27. The summed E-state index contributed by atoms with van der Waals surface area (Å²) >= 11 is 0. The molecule has 2 amide bonds. The average Bonchev–Trinajstić information content (AvgIpc) is 2.99. The summed E-state index contributed by atoms with van der Waals surface area (Å²) in [5.41, 5.74) is 3.00. The van der Waals surface area contributed by atoms with E-state index in [1.165, 1.54) is 6.07 Å². The summed E-state index contributed by atoms with van der Waals surface area (Å²) in [5, 5.41) is 0. The van der Waals surface area contributed by atoms with E-state index < -0.39 is 0 Å².